The summed E-state index contributed by atoms with van der Waals surface area (Å²) in [5.41, 5.74) is 1.08. The van der Waals surface area contributed by atoms with Crippen LogP contribution in [0.1, 0.15) is 54.8 Å². The van der Waals surface area contributed by atoms with E-state index in [0.717, 1.165) is 18.0 Å². The first-order valence-electron chi connectivity index (χ1n) is 10.00. The van der Waals surface area contributed by atoms with Gasteiger partial charge in [-0.05, 0) is 55.1 Å². The van der Waals surface area contributed by atoms with Gasteiger partial charge < -0.3 is 10.2 Å². The lowest BCUT2D eigenvalue weighted by Gasteiger charge is -2.34. The molecule has 162 valence electrons. The summed E-state index contributed by atoms with van der Waals surface area (Å²) in [6, 6.07) is 14.1. The van der Waals surface area contributed by atoms with Crippen molar-refractivity contribution in [3.63, 3.8) is 0 Å². The normalized spacial score (nSPS) is 12.3. The SMILES string of the molecule is CCC(C)(C)NC(=O)[C@@H](c1ccccc1)N(Cc1ccc(F)cc1)C(=O)c1csnn1. The third-order valence-corrected chi connectivity index (χ3v) is 5.63. The number of amides is 2. The molecule has 8 heteroatoms. The monoisotopic (exact) mass is 440 g/mol. The molecule has 1 atom stereocenters. The zero-order valence-corrected chi connectivity index (χ0v) is 18.5. The largest absolute Gasteiger partial charge is 0.349 e. The maximum absolute atomic E-state index is 13.5. The molecule has 3 rings (SSSR count). The van der Waals surface area contributed by atoms with Gasteiger partial charge in [0.05, 0.1) is 0 Å². The quantitative estimate of drug-likeness (QED) is 0.565. The zero-order valence-electron chi connectivity index (χ0n) is 17.7. The number of hydrogen-bond acceptors (Lipinski definition) is 5. The molecule has 0 spiro atoms. The molecule has 0 bridgehead atoms. The van der Waals surface area contributed by atoms with Crippen molar-refractivity contribution in [1.82, 2.24) is 19.8 Å². The maximum Gasteiger partial charge on any atom is 0.276 e. The topological polar surface area (TPSA) is 75.2 Å². The second kappa shape index (κ2) is 9.78. The number of carbonyl (C=O) groups excluding carboxylic acids is 2. The molecule has 0 aliphatic rings. The van der Waals surface area contributed by atoms with Gasteiger partial charge in [-0.15, -0.1) is 5.10 Å². The average Bonchev–Trinajstić information content (AvgIpc) is 3.29. The number of benzene rings is 2. The van der Waals surface area contributed by atoms with Gasteiger partial charge in [-0.1, -0.05) is 53.9 Å². The number of nitrogens with one attached hydrogen (secondary N) is 1. The molecule has 1 N–H and O–H groups in total. The lowest BCUT2D eigenvalue weighted by molar-refractivity contribution is -0.127. The number of hydrogen-bond donors (Lipinski definition) is 1. The fourth-order valence-electron chi connectivity index (χ4n) is 3.07. The predicted octanol–water partition coefficient (Wildman–Crippen LogP) is 4.37. The van der Waals surface area contributed by atoms with E-state index in [1.54, 1.807) is 17.5 Å². The van der Waals surface area contributed by atoms with Gasteiger partial charge in [0, 0.05) is 17.5 Å². The van der Waals surface area contributed by atoms with Crippen molar-refractivity contribution in [2.45, 2.75) is 45.3 Å². The number of nitrogens with zero attached hydrogens (tertiary/aromatic N) is 3. The van der Waals surface area contributed by atoms with Gasteiger partial charge in [0.15, 0.2) is 5.69 Å². The minimum absolute atomic E-state index is 0.107. The Bertz CT molecular complexity index is 1010. The first-order chi connectivity index (χ1) is 14.8. The minimum Gasteiger partial charge on any atom is -0.349 e. The van der Waals surface area contributed by atoms with Crippen LogP contribution in [0.2, 0.25) is 0 Å². The molecule has 2 aromatic carbocycles. The molecule has 3 aromatic rings. The van der Waals surface area contributed by atoms with Crippen LogP contribution in [0.25, 0.3) is 0 Å². The average molecular weight is 441 g/mol. The number of rotatable bonds is 8. The Morgan fingerprint density at radius 2 is 1.81 bits per heavy atom. The highest BCUT2D eigenvalue weighted by atomic mass is 32.1. The summed E-state index contributed by atoms with van der Waals surface area (Å²) in [5.74, 6) is -1.08. The molecule has 0 fully saturated rings. The number of aromatic nitrogens is 2. The zero-order chi connectivity index (χ0) is 22.4. The molecule has 31 heavy (non-hydrogen) atoms. The van der Waals surface area contributed by atoms with Crippen LogP contribution in [0.15, 0.2) is 60.0 Å². The van der Waals surface area contributed by atoms with Crippen molar-refractivity contribution in [2.75, 3.05) is 0 Å². The van der Waals surface area contributed by atoms with E-state index in [2.05, 4.69) is 14.9 Å². The predicted molar refractivity (Wildman–Crippen MR) is 118 cm³/mol. The Morgan fingerprint density at radius 1 is 1.13 bits per heavy atom. The summed E-state index contributed by atoms with van der Waals surface area (Å²) < 4.78 is 17.2. The summed E-state index contributed by atoms with van der Waals surface area (Å²) in [5, 5.41) is 8.51. The van der Waals surface area contributed by atoms with E-state index in [9.17, 15) is 14.0 Å². The Balaban J connectivity index is 2.05. The number of halogens is 1. The molecule has 0 aliphatic heterocycles. The van der Waals surface area contributed by atoms with Gasteiger partial charge in [0.1, 0.15) is 11.9 Å². The second-order valence-corrected chi connectivity index (χ2v) is 8.50. The van der Waals surface area contributed by atoms with Crippen LogP contribution in [-0.4, -0.2) is 31.8 Å². The molecular weight excluding hydrogens is 415 g/mol. The van der Waals surface area contributed by atoms with E-state index < -0.39 is 17.5 Å². The van der Waals surface area contributed by atoms with Crippen molar-refractivity contribution in [3.8, 4) is 0 Å². The van der Waals surface area contributed by atoms with Crippen molar-refractivity contribution >= 4 is 23.3 Å². The van der Waals surface area contributed by atoms with Crippen molar-refractivity contribution in [1.29, 1.82) is 0 Å². The molecule has 1 aromatic heterocycles. The summed E-state index contributed by atoms with van der Waals surface area (Å²) in [6.07, 6.45) is 0.724. The van der Waals surface area contributed by atoms with E-state index in [1.807, 2.05) is 51.1 Å². The van der Waals surface area contributed by atoms with E-state index in [4.69, 9.17) is 0 Å². The Hall–Kier alpha value is -3.13. The van der Waals surface area contributed by atoms with Crippen molar-refractivity contribution < 1.29 is 14.0 Å². The van der Waals surface area contributed by atoms with Crippen LogP contribution in [0.4, 0.5) is 4.39 Å². The van der Waals surface area contributed by atoms with E-state index in [1.165, 1.54) is 17.0 Å². The van der Waals surface area contributed by atoms with Crippen LogP contribution < -0.4 is 5.32 Å². The van der Waals surface area contributed by atoms with Gasteiger partial charge in [-0.3, -0.25) is 9.59 Å². The third-order valence-electron chi connectivity index (χ3n) is 5.13. The fourth-order valence-corrected chi connectivity index (χ4v) is 3.50. The van der Waals surface area contributed by atoms with Gasteiger partial charge in [-0.2, -0.15) is 0 Å². The molecule has 2 amide bonds. The lowest BCUT2D eigenvalue weighted by Crippen LogP contribution is -2.50. The van der Waals surface area contributed by atoms with Crippen LogP contribution in [0.5, 0.6) is 0 Å². The first-order valence-corrected chi connectivity index (χ1v) is 10.8. The van der Waals surface area contributed by atoms with E-state index in [-0.39, 0.29) is 24.0 Å². The third kappa shape index (κ3) is 5.73. The first kappa shape index (κ1) is 22.6. The van der Waals surface area contributed by atoms with Gasteiger partial charge in [0.25, 0.3) is 5.91 Å². The molecule has 0 unspecified atom stereocenters. The van der Waals surface area contributed by atoms with Crippen molar-refractivity contribution in [2.24, 2.45) is 0 Å². The summed E-state index contributed by atoms with van der Waals surface area (Å²) >= 11 is 1.06. The maximum atomic E-state index is 13.5. The molecule has 6 nitrogen and oxygen atoms in total. The molecule has 1 heterocycles. The molecule has 0 saturated heterocycles. The molecule has 0 saturated carbocycles. The van der Waals surface area contributed by atoms with E-state index >= 15 is 0 Å². The van der Waals surface area contributed by atoms with Crippen LogP contribution in [0.3, 0.4) is 0 Å². The fraction of sp³-hybridized carbons (Fsp3) is 0.304. The summed E-state index contributed by atoms with van der Waals surface area (Å²) in [7, 11) is 0. The van der Waals surface area contributed by atoms with Crippen molar-refractivity contribution in [3.05, 3.63) is 82.6 Å². The summed E-state index contributed by atoms with van der Waals surface area (Å²) in [4.78, 5) is 28.3. The lowest BCUT2D eigenvalue weighted by atomic mass is 9.98. The van der Waals surface area contributed by atoms with E-state index in [0.29, 0.717) is 11.1 Å². The molecular formula is C23H25FN4O2S. The standard InChI is InChI=1S/C23H25FN4O2S/c1-4-23(2,3)25-21(29)20(17-8-6-5-7-9-17)28(22(30)19-15-31-27-26-19)14-16-10-12-18(24)13-11-16/h5-13,15,20H,4,14H2,1-3H3,(H,25,29)/t20-/m1/s1. The summed E-state index contributed by atoms with van der Waals surface area (Å²) in [6.45, 7) is 5.96. The highest BCUT2D eigenvalue weighted by molar-refractivity contribution is 7.03. The highest BCUT2D eigenvalue weighted by Crippen LogP contribution is 2.27. The van der Waals surface area contributed by atoms with Gasteiger partial charge in [-0.25, -0.2) is 4.39 Å². The Kier molecular flexibility index (Phi) is 7.12. The molecule has 0 aliphatic carbocycles. The number of carbonyl (C=O) groups is 2. The van der Waals surface area contributed by atoms with Crippen LogP contribution >= 0.6 is 11.5 Å². The Labute approximate surface area is 185 Å². The van der Waals surface area contributed by atoms with Crippen LogP contribution in [0, 0.1) is 5.82 Å². The Morgan fingerprint density at radius 3 is 2.39 bits per heavy atom. The molecule has 0 radical (unpaired) electrons. The minimum atomic E-state index is -0.897. The van der Waals surface area contributed by atoms with Gasteiger partial charge in [0.2, 0.25) is 5.91 Å². The van der Waals surface area contributed by atoms with Gasteiger partial charge >= 0.3 is 0 Å². The highest BCUT2D eigenvalue weighted by Gasteiger charge is 2.35. The smallest absolute Gasteiger partial charge is 0.276 e. The second-order valence-electron chi connectivity index (χ2n) is 7.89. The van der Waals surface area contributed by atoms with Crippen LogP contribution in [-0.2, 0) is 11.3 Å².